The van der Waals surface area contributed by atoms with Crippen LogP contribution in [-0.4, -0.2) is 29.2 Å². The second-order valence-electron chi connectivity index (χ2n) is 4.52. The Morgan fingerprint density at radius 3 is 2.72 bits per heavy atom. The molecule has 1 fully saturated rings. The summed E-state index contributed by atoms with van der Waals surface area (Å²) >= 11 is 0. The van der Waals surface area contributed by atoms with E-state index in [2.05, 4.69) is 0 Å². The maximum absolute atomic E-state index is 13.0. The summed E-state index contributed by atoms with van der Waals surface area (Å²) < 4.78 is 13.0. The van der Waals surface area contributed by atoms with Crippen LogP contribution in [0.15, 0.2) is 30.3 Å². The van der Waals surface area contributed by atoms with Crippen LogP contribution < -0.4 is 0 Å². The summed E-state index contributed by atoms with van der Waals surface area (Å²) in [6, 6.07) is 6.44. The first-order valence-electron chi connectivity index (χ1n) is 6.07. The number of piperidine rings is 1. The molecule has 0 atom stereocenters. The van der Waals surface area contributed by atoms with Crippen LogP contribution in [0, 0.1) is 11.7 Å². The smallest absolute Gasteiger partial charge is 0.407 e. The Balaban J connectivity index is 1.90. The Bertz CT molecular complexity index is 451. The van der Waals surface area contributed by atoms with Crippen molar-refractivity contribution >= 4 is 12.2 Å². The molecule has 0 aliphatic carbocycles. The van der Waals surface area contributed by atoms with Crippen molar-refractivity contribution in [3.63, 3.8) is 0 Å². The van der Waals surface area contributed by atoms with Crippen LogP contribution in [0.2, 0.25) is 0 Å². The van der Waals surface area contributed by atoms with Crippen LogP contribution >= 0.6 is 0 Å². The molecule has 1 aliphatic rings. The number of rotatable bonds is 2. The first kappa shape index (κ1) is 12.6. The molecule has 3 nitrogen and oxygen atoms in total. The van der Waals surface area contributed by atoms with E-state index in [-0.39, 0.29) is 5.82 Å². The zero-order chi connectivity index (χ0) is 13.0. The minimum Gasteiger partial charge on any atom is -0.465 e. The lowest BCUT2D eigenvalue weighted by Gasteiger charge is -2.28. The summed E-state index contributed by atoms with van der Waals surface area (Å²) in [6.07, 6.45) is 4.77. The van der Waals surface area contributed by atoms with Crippen LogP contribution in [0.3, 0.4) is 0 Å². The second-order valence-corrected chi connectivity index (χ2v) is 4.52. The molecule has 18 heavy (non-hydrogen) atoms. The van der Waals surface area contributed by atoms with E-state index in [1.54, 1.807) is 6.07 Å². The van der Waals surface area contributed by atoms with Gasteiger partial charge >= 0.3 is 6.09 Å². The van der Waals surface area contributed by atoms with Gasteiger partial charge in [-0.1, -0.05) is 24.3 Å². The zero-order valence-corrected chi connectivity index (χ0v) is 10.1. The SMILES string of the molecule is O=C(O)N1CCC(/C=C/c2cccc(F)c2)CC1. The van der Waals surface area contributed by atoms with Gasteiger partial charge in [-0.2, -0.15) is 0 Å². The van der Waals surface area contributed by atoms with Gasteiger partial charge in [-0.3, -0.25) is 0 Å². The minimum absolute atomic E-state index is 0.238. The van der Waals surface area contributed by atoms with Gasteiger partial charge in [0.2, 0.25) is 0 Å². The van der Waals surface area contributed by atoms with Crippen LogP contribution in [0.1, 0.15) is 18.4 Å². The highest BCUT2D eigenvalue weighted by molar-refractivity contribution is 5.65. The summed E-state index contributed by atoms with van der Waals surface area (Å²) in [5, 5.41) is 8.83. The van der Waals surface area contributed by atoms with Crippen molar-refractivity contribution in [1.29, 1.82) is 0 Å². The molecule has 1 aromatic rings. The predicted molar refractivity (Wildman–Crippen MR) is 67.8 cm³/mol. The molecule has 0 bridgehead atoms. The maximum Gasteiger partial charge on any atom is 0.407 e. The number of amides is 1. The van der Waals surface area contributed by atoms with Crippen LogP contribution in [0.4, 0.5) is 9.18 Å². The van der Waals surface area contributed by atoms with E-state index in [1.807, 2.05) is 18.2 Å². The average molecular weight is 249 g/mol. The van der Waals surface area contributed by atoms with E-state index < -0.39 is 6.09 Å². The lowest BCUT2D eigenvalue weighted by Crippen LogP contribution is -2.36. The molecule has 1 aromatic carbocycles. The molecule has 2 rings (SSSR count). The fraction of sp³-hybridized carbons (Fsp3) is 0.357. The first-order valence-corrected chi connectivity index (χ1v) is 6.07. The number of benzene rings is 1. The molecule has 0 radical (unpaired) electrons. The third-order valence-electron chi connectivity index (χ3n) is 3.22. The number of hydrogen-bond acceptors (Lipinski definition) is 1. The van der Waals surface area contributed by atoms with Crippen molar-refractivity contribution in [1.82, 2.24) is 4.90 Å². The van der Waals surface area contributed by atoms with Crippen molar-refractivity contribution < 1.29 is 14.3 Å². The van der Waals surface area contributed by atoms with E-state index in [9.17, 15) is 9.18 Å². The fourth-order valence-electron chi connectivity index (χ4n) is 2.14. The maximum atomic E-state index is 13.0. The molecule has 0 unspecified atom stereocenters. The number of carboxylic acid groups (broad SMARTS) is 1. The Hall–Kier alpha value is -1.84. The van der Waals surface area contributed by atoms with Crippen molar-refractivity contribution in [2.24, 2.45) is 5.92 Å². The van der Waals surface area contributed by atoms with Crippen LogP contribution in [0.5, 0.6) is 0 Å². The summed E-state index contributed by atoms with van der Waals surface area (Å²) in [7, 11) is 0. The summed E-state index contributed by atoms with van der Waals surface area (Å²) in [5.74, 6) is 0.140. The number of nitrogens with zero attached hydrogens (tertiary/aromatic N) is 1. The van der Waals surface area contributed by atoms with Gasteiger partial charge in [0.05, 0.1) is 0 Å². The molecule has 0 spiro atoms. The molecule has 96 valence electrons. The quantitative estimate of drug-likeness (QED) is 0.874. The standard InChI is InChI=1S/C14H16FNO2/c15-13-3-1-2-12(10-13)5-4-11-6-8-16(9-7-11)14(17)18/h1-5,10-11H,6-9H2,(H,17,18)/b5-4+. The molecule has 1 amide bonds. The van der Waals surface area contributed by atoms with Gasteiger partial charge in [-0.25, -0.2) is 9.18 Å². The number of carbonyl (C=O) groups is 1. The molecule has 0 saturated carbocycles. The Kier molecular flexibility index (Phi) is 3.97. The molecular weight excluding hydrogens is 233 g/mol. The van der Waals surface area contributed by atoms with Gasteiger partial charge in [0.1, 0.15) is 5.82 Å². The van der Waals surface area contributed by atoms with Crippen molar-refractivity contribution in [2.75, 3.05) is 13.1 Å². The van der Waals surface area contributed by atoms with Gasteiger partial charge in [0.25, 0.3) is 0 Å². The van der Waals surface area contributed by atoms with Crippen molar-refractivity contribution in [3.8, 4) is 0 Å². The Morgan fingerprint density at radius 2 is 2.11 bits per heavy atom. The van der Waals surface area contributed by atoms with Gasteiger partial charge in [-0.05, 0) is 36.5 Å². The third-order valence-corrected chi connectivity index (χ3v) is 3.22. The second kappa shape index (κ2) is 5.67. The number of likely N-dealkylation sites (tertiary alicyclic amines) is 1. The molecule has 0 aromatic heterocycles. The van der Waals surface area contributed by atoms with Crippen molar-refractivity contribution in [3.05, 3.63) is 41.7 Å². The van der Waals surface area contributed by atoms with Crippen LogP contribution in [0.25, 0.3) is 6.08 Å². The lowest BCUT2D eigenvalue weighted by molar-refractivity contribution is 0.129. The highest BCUT2D eigenvalue weighted by Crippen LogP contribution is 2.19. The average Bonchev–Trinajstić information content (AvgIpc) is 2.37. The number of allylic oxidation sites excluding steroid dienone is 1. The lowest BCUT2D eigenvalue weighted by atomic mass is 9.96. The van der Waals surface area contributed by atoms with Gasteiger partial charge in [-0.15, -0.1) is 0 Å². The predicted octanol–water partition coefficient (Wildman–Crippen LogP) is 3.23. The highest BCUT2D eigenvalue weighted by atomic mass is 19.1. The third kappa shape index (κ3) is 3.32. The molecule has 1 N–H and O–H groups in total. The fourth-order valence-corrected chi connectivity index (χ4v) is 2.14. The molecule has 1 saturated heterocycles. The van der Waals surface area contributed by atoms with Gasteiger partial charge in [0.15, 0.2) is 0 Å². The van der Waals surface area contributed by atoms with Gasteiger partial charge < -0.3 is 10.0 Å². The molecule has 1 aliphatic heterocycles. The zero-order valence-electron chi connectivity index (χ0n) is 10.1. The Labute approximate surface area is 106 Å². The van der Waals surface area contributed by atoms with E-state index >= 15 is 0 Å². The minimum atomic E-state index is -0.845. The molecular formula is C14H16FNO2. The van der Waals surface area contributed by atoms with Gasteiger partial charge in [0, 0.05) is 13.1 Å². The largest absolute Gasteiger partial charge is 0.465 e. The summed E-state index contributed by atoms with van der Waals surface area (Å²) in [5.41, 5.74) is 0.843. The highest BCUT2D eigenvalue weighted by Gasteiger charge is 2.20. The topological polar surface area (TPSA) is 40.5 Å². The molecule has 1 heterocycles. The van der Waals surface area contributed by atoms with Crippen molar-refractivity contribution in [2.45, 2.75) is 12.8 Å². The van der Waals surface area contributed by atoms with E-state index in [0.29, 0.717) is 19.0 Å². The normalized spacial score (nSPS) is 17.3. The number of hydrogen-bond donors (Lipinski definition) is 1. The number of halogens is 1. The first-order chi connectivity index (χ1) is 8.65. The van der Waals surface area contributed by atoms with E-state index in [4.69, 9.17) is 5.11 Å². The summed E-state index contributed by atoms with van der Waals surface area (Å²) in [6.45, 7) is 1.15. The van der Waals surface area contributed by atoms with E-state index in [0.717, 1.165) is 18.4 Å². The summed E-state index contributed by atoms with van der Waals surface area (Å²) in [4.78, 5) is 12.2. The monoisotopic (exact) mass is 249 g/mol. The van der Waals surface area contributed by atoms with E-state index in [1.165, 1.54) is 17.0 Å². The Morgan fingerprint density at radius 1 is 1.39 bits per heavy atom. The molecule has 4 heteroatoms. The van der Waals surface area contributed by atoms with Crippen LogP contribution in [-0.2, 0) is 0 Å².